The van der Waals surface area contributed by atoms with Crippen LogP contribution in [0.15, 0.2) is 57.9 Å². The molecule has 0 aliphatic carbocycles. The van der Waals surface area contributed by atoms with E-state index < -0.39 is 11.4 Å². The van der Waals surface area contributed by atoms with Crippen LogP contribution in [-0.2, 0) is 12.0 Å². The van der Waals surface area contributed by atoms with Crippen LogP contribution < -0.4 is 5.43 Å². The van der Waals surface area contributed by atoms with Gasteiger partial charge in [-0.25, -0.2) is 4.79 Å². The van der Waals surface area contributed by atoms with Gasteiger partial charge in [0.2, 0.25) is 5.43 Å². The Bertz CT molecular complexity index is 1040. The largest absolute Gasteiger partial charge is 0.477 e. The van der Waals surface area contributed by atoms with E-state index in [0.717, 1.165) is 10.0 Å². The first-order chi connectivity index (χ1) is 12.2. The number of rotatable bonds is 3. The van der Waals surface area contributed by atoms with Crippen molar-refractivity contribution in [3.05, 3.63) is 80.0 Å². The second-order valence-electron chi connectivity index (χ2n) is 7.41. The van der Waals surface area contributed by atoms with Gasteiger partial charge in [0, 0.05) is 22.6 Å². The Morgan fingerprint density at radius 1 is 1.12 bits per heavy atom. The van der Waals surface area contributed by atoms with Gasteiger partial charge in [0.05, 0.1) is 5.52 Å². The first-order valence-electron chi connectivity index (χ1n) is 8.32. The van der Waals surface area contributed by atoms with Crippen molar-refractivity contribution in [3.63, 3.8) is 0 Å². The molecular weight excluding hydrogens is 394 g/mol. The average molecular weight is 414 g/mol. The molecule has 1 N–H and O–H groups in total. The molecule has 0 fully saturated rings. The topological polar surface area (TPSA) is 59.3 Å². The van der Waals surface area contributed by atoms with E-state index in [-0.39, 0.29) is 11.0 Å². The molecular formula is C21H20BrNO3. The van der Waals surface area contributed by atoms with Gasteiger partial charge in [0.15, 0.2) is 0 Å². The van der Waals surface area contributed by atoms with Crippen molar-refractivity contribution >= 4 is 32.8 Å². The Kier molecular flexibility index (Phi) is 4.76. The lowest BCUT2D eigenvalue weighted by atomic mass is 9.87. The number of carbonyl (C=O) groups is 1. The molecule has 0 saturated heterocycles. The number of fused-ring (bicyclic) bond motifs is 1. The maximum atomic E-state index is 12.5. The highest BCUT2D eigenvalue weighted by Crippen LogP contribution is 2.23. The van der Waals surface area contributed by atoms with Crippen LogP contribution in [0.1, 0.15) is 42.3 Å². The Hall–Kier alpha value is -2.40. The molecule has 2 aromatic carbocycles. The monoisotopic (exact) mass is 413 g/mol. The second kappa shape index (κ2) is 6.72. The van der Waals surface area contributed by atoms with Gasteiger partial charge in [-0.15, -0.1) is 0 Å². The number of aromatic nitrogens is 1. The molecule has 1 heterocycles. The van der Waals surface area contributed by atoms with Crippen LogP contribution in [0, 0.1) is 0 Å². The Balaban J connectivity index is 2.11. The van der Waals surface area contributed by atoms with Gasteiger partial charge < -0.3 is 9.67 Å². The van der Waals surface area contributed by atoms with Crippen molar-refractivity contribution < 1.29 is 9.90 Å². The molecule has 0 amide bonds. The van der Waals surface area contributed by atoms with Gasteiger partial charge in [-0.05, 0) is 34.7 Å². The van der Waals surface area contributed by atoms with E-state index in [1.54, 1.807) is 6.07 Å². The molecule has 3 rings (SSSR count). The molecule has 0 aliphatic rings. The number of halogens is 1. The van der Waals surface area contributed by atoms with Gasteiger partial charge in [-0.2, -0.15) is 0 Å². The van der Waals surface area contributed by atoms with Crippen molar-refractivity contribution in [2.24, 2.45) is 0 Å². The Morgan fingerprint density at radius 3 is 2.35 bits per heavy atom. The Morgan fingerprint density at radius 2 is 1.77 bits per heavy atom. The predicted molar refractivity (Wildman–Crippen MR) is 107 cm³/mol. The summed E-state index contributed by atoms with van der Waals surface area (Å²) in [7, 11) is 0. The first kappa shape index (κ1) is 18.4. The highest BCUT2D eigenvalue weighted by atomic mass is 79.9. The molecule has 0 spiro atoms. The van der Waals surface area contributed by atoms with Crippen molar-refractivity contribution in [1.29, 1.82) is 0 Å². The van der Waals surface area contributed by atoms with Gasteiger partial charge in [0.1, 0.15) is 5.56 Å². The van der Waals surface area contributed by atoms with Crippen LogP contribution in [0.25, 0.3) is 10.9 Å². The van der Waals surface area contributed by atoms with Crippen molar-refractivity contribution in [3.8, 4) is 0 Å². The zero-order valence-electron chi connectivity index (χ0n) is 14.9. The summed E-state index contributed by atoms with van der Waals surface area (Å²) in [5.41, 5.74) is 2.38. The zero-order chi connectivity index (χ0) is 19.1. The summed E-state index contributed by atoms with van der Waals surface area (Å²) in [6, 6.07) is 13.6. The summed E-state index contributed by atoms with van der Waals surface area (Å²) in [5.74, 6) is -1.21. The molecule has 26 heavy (non-hydrogen) atoms. The lowest BCUT2D eigenvalue weighted by molar-refractivity contribution is 0.0695. The summed E-state index contributed by atoms with van der Waals surface area (Å²) >= 11 is 3.35. The van der Waals surface area contributed by atoms with Crippen LogP contribution in [0.3, 0.4) is 0 Å². The number of benzene rings is 2. The van der Waals surface area contributed by atoms with Gasteiger partial charge in [-0.3, -0.25) is 4.79 Å². The predicted octanol–water partition coefficient (Wildman–Crippen LogP) is 4.81. The van der Waals surface area contributed by atoms with E-state index in [1.807, 2.05) is 28.8 Å². The second-order valence-corrected chi connectivity index (χ2v) is 8.33. The standard InChI is InChI=1S/C21H20BrNO3/c1-21(2,3)14-6-4-13(5-7-14)11-23-12-17(20(25)26)19(24)16-10-15(22)8-9-18(16)23/h4-10,12H,11H2,1-3H3,(H,25,26). The quantitative estimate of drug-likeness (QED) is 0.669. The lowest BCUT2D eigenvalue weighted by Gasteiger charge is -2.19. The minimum atomic E-state index is -1.21. The summed E-state index contributed by atoms with van der Waals surface area (Å²) in [6.45, 7) is 6.97. The fourth-order valence-electron chi connectivity index (χ4n) is 2.96. The Labute approximate surface area is 160 Å². The van der Waals surface area contributed by atoms with Gasteiger partial charge in [0.25, 0.3) is 0 Å². The molecule has 1 aromatic heterocycles. The summed E-state index contributed by atoms with van der Waals surface area (Å²) in [5, 5.41) is 9.78. The lowest BCUT2D eigenvalue weighted by Crippen LogP contribution is -2.19. The van der Waals surface area contributed by atoms with Crippen molar-refractivity contribution in [2.45, 2.75) is 32.7 Å². The summed E-state index contributed by atoms with van der Waals surface area (Å²) in [6.07, 6.45) is 1.43. The number of nitrogens with zero attached hydrogens (tertiary/aromatic N) is 1. The molecule has 0 bridgehead atoms. The molecule has 134 valence electrons. The third kappa shape index (κ3) is 3.58. The van der Waals surface area contributed by atoms with E-state index in [1.165, 1.54) is 11.8 Å². The van der Waals surface area contributed by atoms with E-state index in [4.69, 9.17) is 0 Å². The first-order valence-corrected chi connectivity index (χ1v) is 9.11. The average Bonchev–Trinajstić information content (AvgIpc) is 2.57. The van der Waals surface area contributed by atoms with Crippen LogP contribution in [0.4, 0.5) is 0 Å². The van der Waals surface area contributed by atoms with E-state index in [0.29, 0.717) is 17.4 Å². The third-order valence-corrected chi connectivity index (χ3v) is 4.94. The molecule has 3 aromatic rings. The molecule has 0 radical (unpaired) electrons. The number of pyridine rings is 1. The number of hydrogen-bond donors (Lipinski definition) is 1. The summed E-state index contributed by atoms with van der Waals surface area (Å²) in [4.78, 5) is 24.0. The van der Waals surface area contributed by atoms with E-state index >= 15 is 0 Å². The fraction of sp³-hybridized carbons (Fsp3) is 0.238. The maximum Gasteiger partial charge on any atom is 0.341 e. The molecule has 5 heteroatoms. The SMILES string of the molecule is CC(C)(C)c1ccc(Cn2cc(C(=O)O)c(=O)c3cc(Br)ccc32)cc1. The van der Waals surface area contributed by atoms with Crippen LogP contribution in [0.2, 0.25) is 0 Å². The highest BCUT2D eigenvalue weighted by Gasteiger charge is 2.16. The van der Waals surface area contributed by atoms with Gasteiger partial charge in [-0.1, -0.05) is 61.0 Å². The van der Waals surface area contributed by atoms with Crippen molar-refractivity contribution in [2.75, 3.05) is 0 Å². The number of carboxylic acid groups (broad SMARTS) is 1. The molecule has 0 saturated carbocycles. The molecule has 0 aliphatic heterocycles. The van der Waals surface area contributed by atoms with Crippen LogP contribution in [-0.4, -0.2) is 15.6 Å². The van der Waals surface area contributed by atoms with Crippen LogP contribution in [0.5, 0.6) is 0 Å². The van der Waals surface area contributed by atoms with Crippen molar-refractivity contribution in [1.82, 2.24) is 4.57 Å². The number of hydrogen-bond acceptors (Lipinski definition) is 2. The number of carboxylic acids is 1. The third-order valence-electron chi connectivity index (χ3n) is 4.45. The summed E-state index contributed by atoms with van der Waals surface area (Å²) < 4.78 is 2.56. The normalized spacial score (nSPS) is 11.7. The van der Waals surface area contributed by atoms with E-state index in [2.05, 4.69) is 48.8 Å². The van der Waals surface area contributed by atoms with E-state index in [9.17, 15) is 14.7 Å². The smallest absolute Gasteiger partial charge is 0.341 e. The highest BCUT2D eigenvalue weighted by molar-refractivity contribution is 9.10. The van der Waals surface area contributed by atoms with Crippen LogP contribution >= 0.6 is 15.9 Å². The zero-order valence-corrected chi connectivity index (χ0v) is 16.5. The fourth-order valence-corrected chi connectivity index (χ4v) is 3.32. The molecule has 4 nitrogen and oxygen atoms in total. The molecule has 0 unspecified atom stereocenters. The minimum absolute atomic E-state index is 0.0747. The minimum Gasteiger partial charge on any atom is -0.477 e. The number of aromatic carboxylic acids is 1. The maximum absolute atomic E-state index is 12.5. The molecule has 0 atom stereocenters. The van der Waals surface area contributed by atoms with Gasteiger partial charge >= 0.3 is 5.97 Å².